The number of benzene rings is 3. The minimum absolute atomic E-state index is 0.0570. The standard InChI is InChI=1S/C28H22N2O6/c31-26(30-24(28(33)34)12-18-15-29-23-9-5-4-8-20(18)23)16-35-19-10-11-21-22(17-6-2-1-3-7-17)14-27(32)36-25(21)13-19/h1-11,13-15,24,29H,12,16H2,(H,30,31)(H,33,34)/p-1. The highest BCUT2D eigenvalue weighted by molar-refractivity contribution is 5.94. The predicted octanol–water partition coefficient (Wildman–Crippen LogP) is 2.80. The van der Waals surface area contributed by atoms with Crippen LogP contribution in [0.1, 0.15) is 5.56 Å². The second-order valence-electron chi connectivity index (χ2n) is 8.29. The lowest BCUT2D eigenvalue weighted by Crippen LogP contribution is -2.50. The highest BCUT2D eigenvalue weighted by atomic mass is 16.5. The van der Waals surface area contributed by atoms with E-state index in [0.29, 0.717) is 16.7 Å². The number of carboxylic acid groups (broad SMARTS) is 1. The fraction of sp³-hybridized carbons (Fsp3) is 0.107. The molecule has 8 nitrogen and oxygen atoms in total. The first-order chi connectivity index (χ1) is 17.5. The number of aromatic amines is 1. The van der Waals surface area contributed by atoms with Gasteiger partial charge in [-0.1, -0.05) is 48.5 Å². The van der Waals surface area contributed by atoms with Gasteiger partial charge in [0.2, 0.25) is 0 Å². The number of carbonyl (C=O) groups excluding carboxylic acids is 2. The van der Waals surface area contributed by atoms with E-state index in [1.54, 1.807) is 18.3 Å². The molecule has 1 amide bonds. The number of rotatable bonds is 8. The first-order valence-electron chi connectivity index (χ1n) is 11.3. The number of fused-ring (bicyclic) bond motifs is 2. The first-order valence-corrected chi connectivity index (χ1v) is 11.3. The zero-order valence-corrected chi connectivity index (χ0v) is 19.0. The van der Waals surface area contributed by atoms with Crippen molar-refractivity contribution in [1.29, 1.82) is 0 Å². The third-order valence-electron chi connectivity index (χ3n) is 5.89. The second-order valence-corrected chi connectivity index (χ2v) is 8.29. The van der Waals surface area contributed by atoms with Gasteiger partial charge in [-0.3, -0.25) is 4.79 Å². The summed E-state index contributed by atoms with van der Waals surface area (Å²) in [6, 6.07) is 22.1. The van der Waals surface area contributed by atoms with Crippen molar-refractivity contribution in [1.82, 2.24) is 10.3 Å². The molecule has 2 aromatic heterocycles. The van der Waals surface area contributed by atoms with Crippen LogP contribution in [0.15, 0.2) is 94.3 Å². The van der Waals surface area contributed by atoms with Crippen LogP contribution >= 0.6 is 0 Å². The van der Waals surface area contributed by atoms with Crippen LogP contribution in [0.25, 0.3) is 33.0 Å². The molecule has 0 bridgehead atoms. The number of aliphatic carboxylic acids is 1. The minimum Gasteiger partial charge on any atom is -0.548 e. The molecule has 5 aromatic rings. The molecule has 5 rings (SSSR count). The Morgan fingerprint density at radius 2 is 1.75 bits per heavy atom. The van der Waals surface area contributed by atoms with Gasteiger partial charge in [0.05, 0.1) is 12.0 Å². The summed E-state index contributed by atoms with van der Waals surface area (Å²) >= 11 is 0. The maximum atomic E-state index is 12.5. The molecular weight excluding hydrogens is 460 g/mol. The minimum atomic E-state index is -1.39. The second kappa shape index (κ2) is 9.79. The van der Waals surface area contributed by atoms with E-state index >= 15 is 0 Å². The molecule has 1 atom stereocenters. The lowest BCUT2D eigenvalue weighted by atomic mass is 10.0. The molecule has 0 fully saturated rings. The Balaban J connectivity index is 1.28. The average molecular weight is 481 g/mol. The Hall–Kier alpha value is -4.85. The van der Waals surface area contributed by atoms with Crippen molar-refractivity contribution < 1.29 is 23.8 Å². The highest BCUT2D eigenvalue weighted by Crippen LogP contribution is 2.29. The van der Waals surface area contributed by atoms with Crippen LogP contribution in [0.2, 0.25) is 0 Å². The van der Waals surface area contributed by atoms with Gasteiger partial charge in [-0.2, -0.15) is 0 Å². The van der Waals surface area contributed by atoms with Gasteiger partial charge in [-0.25, -0.2) is 4.79 Å². The Labute approximate surface area is 205 Å². The molecule has 0 spiro atoms. The number of carboxylic acids is 1. The summed E-state index contributed by atoms with van der Waals surface area (Å²) < 4.78 is 10.9. The third kappa shape index (κ3) is 4.83. The van der Waals surface area contributed by atoms with Crippen LogP contribution in [-0.2, 0) is 16.0 Å². The van der Waals surface area contributed by atoms with E-state index in [-0.39, 0.29) is 6.42 Å². The van der Waals surface area contributed by atoms with Crippen LogP contribution in [-0.4, -0.2) is 29.5 Å². The van der Waals surface area contributed by atoms with Crippen LogP contribution in [0.5, 0.6) is 5.75 Å². The van der Waals surface area contributed by atoms with Gasteiger partial charge in [0.1, 0.15) is 11.3 Å². The molecule has 2 heterocycles. The lowest BCUT2D eigenvalue weighted by Gasteiger charge is -2.19. The lowest BCUT2D eigenvalue weighted by molar-refractivity contribution is -0.308. The van der Waals surface area contributed by atoms with Crippen LogP contribution in [0, 0.1) is 0 Å². The molecule has 0 radical (unpaired) electrons. The Morgan fingerprint density at radius 3 is 2.56 bits per heavy atom. The van der Waals surface area contributed by atoms with Gasteiger partial charge in [0.15, 0.2) is 6.61 Å². The number of carbonyl (C=O) groups is 2. The van der Waals surface area contributed by atoms with Gasteiger partial charge in [0.25, 0.3) is 5.91 Å². The molecule has 0 aliphatic rings. The number of H-pyrrole nitrogens is 1. The van der Waals surface area contributed by atoms with E-state index in [2.05, 4.69) is 10.3 Å². The van der Waals surface area contributed by atoms with E-state index in [1.807, 2.05) is 54.6 Å². The van der Waals surface area contributed by atoms with Gasteiger partial charge < -0.3 is 29.4 Å². The molecule has 8 heteroatoms. The van der Waals surface area contributed by atoms with Crippen molar-refractivity contribution in [2.45, 2.75) is 12.5 Å². The van der Waals surface area contributed by atoms with Gasteiger partial charge in [-0.05, 0) is 34.9 Å². The van der Waals surface area contributed by atoms with Crippen molar-refractivity contribution in [2.24, 2.45) is 0 Å². The molecule has 1 unspecified atom stereocenters. The fourth-order valence-electron chi connectivity index (χ4n) is 4.19. The quantitative estimate of drug-likeness (QED) is 0.329. The maximum Gasteiger partial charge on any atom is 0.336 e. The van der Waals surface area contributed by atoms with Crippen LogP contribution in [0.3, 0.4) is 0 Å². The summed E-state index contributed by atoms with van der Waals surface area (Å²) in [7, 11) is 0. The van der Waals surface area contributed by atoms with Gasteiger partial charge in [-0.15, -0.1) is 0 Å². The van der Waals surface area contributed by atoms with E-state index in [1.165, 1.54) is 12.1 Å². The molecular formula is C28H21N2O6-. The molecule has 0 saturated heterocycles. The third-order valence-corrected chi connectivity index (χ3v) is 5.89. The molecule has 2 N–H and O–H groups in total. The number of ether oxygens (including phenoxy) is 1. The zero-order valence-electron chi connectivity index (χ0n) is 19.0. The number of amides is 1. The smallest absolute Gasteiger partial charge is 0.336 e. The van der Waals surface area contributed by atoms with Crippen molar-refractivity contribution in [3.05, 3.63) is 101 Å². The van der Waals surface area contributed by atoms with Crippen molar-refractivity contribution in [3.8, 4) is 16.9 Å². The van der Waals surface area contributed by atoms with Gasteiger partial charge >= 0.3 is 5.63 Å². The number of nitrogens with one attached hydrogen (secondary N) is 2. The normalized spacial score (nSPS) is 11.9. The number of hydrogen-bond acceptors (Lipinski definition) is 6. The van der Waals surface area contributed by atoms with Crippen LogP contribution < -0.4 is 20.8 Å². The summed E-state index contributed by atoms with van der Waals surface area (Å²) in [6.07, 6.45) is 1.78. The highest BCUT2D eigenvalue weighted by Gasteiger charge is 2.17. The molecule has 36 heavy (non-hydrogen) atoms. The summed E-state index contributed by atoms with van der Waals surface area (Å²) in [4.78, 5) is 39.4. The molecule has 180 valence electrons. The van der Waals surface area contributed by atoms with E-state index < -0.39 is 30.2 Å². The molecule has 3 aromatic carbocycles. The Morgan fingerprint density at radius 1 is 0.972 bits per heavy atom. The fourth-order valence-corrected chi connectivity index (χ4v) is 4.19. The average Bonchev–Trinajstić information content (AvgIpc) is 3.29. The Bertz CT molecular complexity index is 1620. The van der Waals surface area contributed by atoms with Crippen molar-refractivity contribution in [2.75, 3.05) is 6.61 Å². The summed E-state index contributed by atoms with van der Waals surface area (Å²) in [6.45, 7) is -0.425. The van der Waals surface area contributed by atoms with Gasteiger partial charge in [0, 0.05) is 41.0 Å². The van der Waals surface area contributed by atoms with Crippen molar-refractivity contribution in [3.63, 3.8) is 0 Å². The molecule has 0 aliphatic carbocycles. The number of aromatic nitrogens is 1. The number of hydrogen-bond donors (Lipinski definition) is 2. The summed E-state index contributed by atoms with van der Waals surface area (Å²) in [5, 5.41) is 15.7. The van der Waals surface area contributed by atoms with E-state index in [0.717, 1.165) is 27.6 Å². The first kappa shape index (κ1) is 22.9. The van der Waals surface area contributed by atoms with E-state index in [4.69, 9.17) is 9.15 Å². The topological polar surface area (TPSA) is 124 Å². The predicted molar refractivity (Wildman–Crippen MR) is 132 cm³/mol. The van der Waals surface area contributed by atoms with Crippen molar-refractivity contribution >= 4 is 33.7 Å². The van der Waals surface area contributed by atoms with E-state index in [9.17, 15) is 19.5 Å². The van der Waals surface area contributed by atoms with Crippen LogP contribution in [0.4, 0.5) is 0 Å². The maximum absolute atomic E-state index is 12.5. The zero-order chi connectivity index (χ0) is 25.1. The monoisotopic (exact) mass is 481 g/mol. The Kier molecular flexibility index (Phi) is 6.23. The SMILES string of the molecule is O=C(COc1ccc2c(-c3ccccc3)cc(=O)oc2c1)NC(Cc1c[nH]c2ccccc12)C(=O)[O-]. The molecule has 0 aliphatic heterocycles. The number of para-hydroxylation sites is 1. The molecule has 0 saturated carbocycles. The largest absolute Gasteiger partial charge is 0.548 e. The summed E-state index contributed by atoms with van der Waals surface area (Å²) in [5.74, 6) is -1.72. The summed E-state index contributed by atoms with van der Waals surface area (Å²) in [5.41, 5.74) is 3.01.